The van der Waals surface area contributed by atoms with Crippen molar-refractivity contribution in [3.63, 3.8) is 0 Å². The molecule has 0 saturated carbocycles. The number of hydrogen-bond acceptors (Lipinski definition) is 2. The zero-order valence-electron chi connectivity index (χ0n) is 12.8. The van der Waals surface area contributed by atoms with Gasteiger partial charge in [0.1, 0.15) is 5.75 Å². The van der Waals surface area contributed by atoms with E-state index in [9.17, 15) is 4.79 Å². The fraction of sp³-hybridized carbons (Fsp3) is 0.500. The normalized spacial score (nSPS) is 12.4. The van der Waals surface area contributed by atoms with Crippen molar-refractivity contribution >= 4 is 11.5 Å². The Bertz CT molecular complexity index is 520. The summed E-state index contributed by atoms with van der Waals surface area (Å²) in [6.07, 6.45) is 0.325. The number of ketones is 1. The Hall–Kier alpha value is -1.93. The molecule has 4 heteroatoms. The highest BCUT2D eigenvalue weighted by Gasteiger charge is 2.30. The molecule has 0 saturated heterocycles. The fourth-order valence-electron chi connectivity index (χ4n) is 2.15. The maximum absolute atomic E-state index is 12.0. The molecule has 0 fully saturated rings. The molecule has 0 N–H and O–H groups in total. The molecule has 0 aliphatic rings. The SMILES string of the molecule is COc1ccc(C(CC(=O)C(C)=[N+]=[N-])C(C)(C)C)cc1. The van der Waals surface area contributed by atoms with Gasteiger partial charge in [0.2, 0.25) is 5.78 Å². The second kappa shape index (κ2) is 6.49. The number of ether oxygens (including phenoxy) is 1. The molecule has 0 bridgehead atoms. The number of rotatable bonds is 5. The van der Waals surface area contributed by atoms with E-state index >= 15 is 0 Å². The lowest BCUT2D eigenvalue weighted by Crippen LogP contribution is -2.24. The highest BCUT2D eigenvalue weighted by Crippen LogP contribution is 2.38. The molecule has 1 rings (SSSR count). The van der Waals surface area contributed by atoms with E-state index in [-0.39, 0.29) is 22.8 Å². The lowest BCUT2D eigenvalue weighted by atomic mass is 9.73. The van der Waals surface area contributed by atoms with Gasteiger partial charge in [0.25, 0.3) is 0 Å². The molecule has 1 unspecified atom stereocenters. The summed E-state index contributed by atoms with van der Waals surface area (Å²) in [4.78, 5) is 15.0. The molecular formula is C16H22N2O2. The van der Waals surface area contributed by atoms with Crippen LogP contribution in [-0.4, -0.2) is 23.4 Å². The average molecular weight is 274 g/mol. The summed E-state index contributed by atoms with van der Waals surface area (Å²) < 4.78 is 5.15. The predicted molar refractivity (Wildman–Crippen MR) is 79.1 cm³/mol. The van der Waals surface area contributed by atoms with Crippen molar-refractivity contribution in [3.8, 4) is 5.75 Å². The predicted octanol–water partition coefficient (Wildman–Crippen LogP) is 3.47. The molecule has 1 aromatic rings. The summed E-state index contributed by atoms with van der Waals surface area (Å²) in [6, 6.07) is 7.75. The lowest BCUT2D eigenvalue weighted by molar-refractivity contribution is -0.118. The molecule has 108 valence electrons. The molecule has 0 spiro atoms. The fourth-order valence-corrected chi connectivity index (χ4v) is 2.15. The van der Waals surface area contributed by atoms with Gasteiger partial charge in [-0.1, -0.05) is 32.9 Å². The van der Waals surface area contributed by atoms with Gasteiger partial charge in [0, 0.05) is 13.3 Å². The van der Waals surface area contributed by atoms with Crippen molar-refractivity contribution in [2.75, 3.05) is 7.11 Å². The van der Waals surface area contributed by atoms with Gasteiger partial charge in [-0.05, 0) is 29.0 Å². The largest absolute Gasteiger partial charge is 0.497 e. The van der Waals surface area contributed by atoms with Crippen molar-refractivity contribution in [1.29, 1.82) is 0 Å². The van der Waals surface area contributed by atoms with Gasteiger partial charge in [-0.3, -0.25) is 4.79 Å². The van der Waals surface area contributed by atoms with E-state index in [4.69, 9.17) is 10.3 Å². The lowest BCUT2D eigenvalue weighted by Gasteiger charge is -2.30. The van der Waals surface area contributed by atoms with E-state index in [1.165, 1.54) is 6.92 Å². The molecule has 0 aliphatic heterocycles. The maximum atomic E-state index is 12.0. The van der Waals surface area contributed by atoms with Crippen LogP contribution in [0.5, 0.6) is 5.75 Å². The Balaban J connectivity index is 3.06. The number of nitrogens with zero attached hydrogens (tertiary/aromatic N) is 2. The Labute approximate surface area is 120 Å². The van der Waals surface area contributed by atoms with Crippen LogP contribution in [0.15, 0.2) is 24.3 Å². The van der Waals surface area contributed by atoms with Gasteiger partial charge in [-0.15, -0.1) is 0 Å². The third kappa shape index (κ3) is 4.04. The number of benzene rings is 1. The molecule has 0 heterocycles. The number of Topliss-reactive ketones (excluding diaryl/α,β-unsaturated/α-hetero) is 1. The van der Waals surface area contributed by atoms with E-state index < -0.39 is 0 Å². The zero-order valence-corrected chi connectivity index (χ0v) is 12.8. The number of carbonyl (C=O) groups is 1. The van der Waals surface area contributed by atoms with Crippen LogP contribution in [0.4, 0.5) is 0 Å². The minimum atomic E-state index is -0.136. The van der Waals surface area contributed by atoms with Crippen LogP contribution in [-0.2, 0) is 4.79 Å². The third-order valence-corrected chi connectivity index (χ3v) is 3.51. The molecule has 0 amide bonds. The first-order chi connectivity index (χ1) is 9.29. The Morgan fingerprint density at radius 2 is 1.85 bits per heavy atom. The molecule has 1 atom stereocenters. The summed E-state index contributed by atoms with van der Waals surface area (Å²) >= 11 is 0. The summed E-state index contributed by atoms with van der Waals surface area (Å²) in [5.41, 5.74) is 9.87. The quantitative estimate of drug-likeness (QED) is 0.469. The van der Waals surface area contributed by atoms with Gasteiger partial charge in [-0.2, -0.15) is 4.79 Å². The first kappa shape index (κ1) is 16.1. The summed E-state index contributed by atoms with van der Waals surface area (Å²) in [7, 11) is 1.63. The molecule has 4 nitrogen and oxygen atoms in total. The van der Waals surface area contributed by atoms with Gasteiger partial charge in [-0.25, -0.2) is 0 Å². The second-order valence-corrected chi connectivity index (χ2v) is 6.00. The van der Waals surface area contributed by atoms with Gasteiger partial charge in [0.05, 0.1) is 7.11 Å². The maximum Gasteiger partial charge on any atom is 0.331 e. The summed E-state index contributed by atoms with van der Waals surface area (Å²) in [5, 5.41) is 0. The number of carbonyl (C=O) groups excluding carboxylic acids is 1. The molecular weight excluding hydrogens is 252 g/mol. The second-order valence-electron chi connectivity index (χ2n) is 6.00. The first-order valence-corrected chi connectivity index (χ1v) is 6.65. The smallest absolute Gasteiger partial charge is 0.331 e. The van der Waals surface area contributed by atoms with E-state index in [0.29, 0.717) is 6.42 Å². The van der Waals surface area contributed by atoms with E-state index in [2.05, 4.69) is 25.6 Å². The molecule has 0 radical (unpaired) electrons. The number of hydrogen-bond donors (Lipinski definition) is 0. The van der Waals surface area contributed by atoms with Crippen molar-refractivity contribution in [2.24, 2.45) is 5.41 Å². The van der Waals surface area contributed by atoms with Crippen LogP contribution in [0.1, 0.15) is 45.6 Å². The van der Waals surface area contributed by atoms with E-state index in [1.54, 1.807) is 7.11 Å². The van der Waals surface area contributed by atoms with E-state index in [0.717, 1.165) is 11.3 Å². The first-order valence-electron chi connectivity index (χ1n) is 6.65. The minimum Gasteiger partial charge on any atom is -0.497 e. The van der Waals surface area contributed by atoms with Crippen molar-refractivity contribution < 1.29 is 14.3 Å². The molecule has 1 aromatic carbocycles. The average Bonchev–Trinajstić information content (AvgIpc) is 2.42. The van der Waals surface area contributed by atoms with Crippen LogP contribution >= 0.6 is 0 Å². The van der Waals surface area contributed by atoms with Crippen LogP contribution in [0, 0.1) is 5.41 Å². The molecule has 20 heavy (non-hydrogen) atoms. The van der Waals surface area contributed by atoms with Crippen LogP contribution in [0.25, 0.3) is 5.53 Å². The van der Waals surface area contributed by atoms with Crippen molar-refractivity contribution in [1.82, 2.24) is 0 Å². The number of methoxy groups -OCH3 is 1. The Morgan fingerprint density at radius 1 is 1.30 bits per heavy atom. The van der Waals surface area contributed by atoms with Gasteiger partial charge < -0.3 is 10.3 Å². The minimum absolute atomic E-state index is 0.0533. The Kier molecular flexibility index (Phi) is 5.23. The topological polar surface area (TPSA) is 62.7 Å². The highest BCUT2D eigenvalue weighted by atomic mass is 16.5. The Morgan fingerprint density at radius 3 is 2.25 bits per heavy atom. The van der Waals surface area contributed by atoms with Crippen molar-refractivity contribution in [2.45, 2.75) is 40.0 Å². The summed E-state index contributed by atoms with van der Waals surface area (Å²) in [6.45, 7) is 7.82. The van der Waals surface area contributed by atoms with Crippen LogP contribution in [0.3, 0.4) is 0 Å². The molecule has 0 aliphatic carbocycles. The summed E-state index contributed by atoms with van der Waals surface area (Å²) in [5.74, 6) is 0.710. The standard InChI is InChI=1S/C16H22N2O2/c1-11(18-17)15(19)10-14(16(2,3)4)12-6-8-13(20-5)9-7-12/h6-9,14H,10H2,1-5H3. The monoisotopic (exact) mass is 274 g/mol. The highest BCUT2D eigenvalue weighted by molar-refractivity contribution is 6.36. The van der Waals surface area contributed by atoms with Gasteiger partial charge in [0.15, 0.2) is 0 Å². The third-order valence-electron chi connectivity index (χ3n) is 3.51. The van der Waals surface area contributed by atoms with Crippen LogP contribution in [0.2, 0.25) is 0 Å². The molecule has 0 aromatic heterocycles. The van der Waals surface area contributed by atoms with Crippen LogP contribution < -0.4 is 4.74 Å². The van der Waals surface area contributed by atoms with Crippen molar-refractivity contribution in [3.05, 3.63) is 35.4 Å². The van der Waals surface area contributed by atoms with Gasteiger partial charge >= 0.3 is 5.71 Å². The van der Waals surface area contributed by atoms with E-state index in [1.807, 2.05) is 24.3 Å². The zero-order chi connectivity index (χ0) is 15.3.